The van der Waals surface area contributed by atoms with Crippen LogP contribution in [-0.2, 0) is 0 Å². The number of allylic oxidation sites excluding steroid dienone is 2. The zero-order chi connectivity index (χ0) is 16.2. The minimum Gasteiger partial charge on any atom is -0.411 e. The van der Waals surface area contributed by atoms with E-state index in [1.54, 1.807) is 0 Å². The van der Waals surface area contributed by atoms with Gasteiger partial charge in [0.15, 0.2) is 0 Å². The summed E-state index contributed by atoms with van der Waals surface area (Å²) in [7, 11) is 0. The molecule has 4 nitrogen and oxygen atoms in total. The Balaban J connectivity index is 1.68. The van der Waals surface area contributed by atoms with Crippen molar-refractivity contribution in [3.05, 3.63) is 11.6 Å². The maximum atomic E-state index is 9.40. The number of fused-ring (bicyclic) bond motifs is 5. The molecule has 126 valence electrons. The summed E-state index contributed by atoms with van der Waals surface area (Å²) in [5, 5.41) is 25.7. The van der Waals surface area contributed by atoms with E-state index < -0.39 is 0 Å². The molecule has 2 N–H and O–H groups in total. The molecule has 0 heterocycles. The first-order valence-electron chi connectivity index (χ1n) is 9.13. The standard InChI is InChI=1S/C19H28N2O2/c1-18-9-7-13(20-22)11-12(18)3-4-14-15-5-6-17(21-23)19(15,2)10-8-16(14)18/h3,14-16,22-23H,4-11H2,1-2H3/b20-13+,21-17+/t14-,15-,16-,18-,19-/m0/s1. The predicted molar refractivity (Wildman–Crippen MR) is 90.1 cm³/mol. The summed E-state index contributed by atoms with van der Waals surface area (Å²) in [4.78, 5) is 0. The Bertz CT molecular complexity index is 608. The minimum atomic E-state index is 0.115. The van der Waals surface area contributed by atoms with Gasteiger partial charge in [0, 0.05) is 11.8 Å². The first kappa shape index (κ1) is 15.2. The number of hydrogen-bond donors (Lipinski definition) is 2. The van der Waals surface area contributed by atoms with Gasteiger partial charge in [0.2, 0.25) is 0 Å². The van der Waals surface area contributed by atoms with Gasteiger partial charge in [0.25, 0.3) is 0 Å². The normalized spacial score (nSPS) is 49.5. The van der Waals surface area contributed by atoms with Crippen molar-refractivity contribution < 1.29 is 10.4 Å². The van der Waals surface area contributed by atoms with E-state index in [1.165, 1.54) is 18.4 Å². The van der Waals surface area contributed by atoms with Crippen molar-refractivity contribution in [2.75, 3.05) is 0 Å². The molecule has 4 aliphatic rings. The van der Waals surface area contributed by atoms with Gasteiger partial charge in [0.05, 0.1) is 11.4 Å². The summed E-state index contributed by atoms with van der Waals surface area (Å²) in [5.74, 6) is 2.11. The molecule has 4 rings (SSSR count). The van der Waals surface area contributed by atoms with Crippen LogP contribution in [0.2, 0.25) is 0 Å². The maximum Gasteiger partial charge on any atom is 0.0632 e. The maximum absolute atomic E-state index is 9.40. The van der Waals surface area contributed by atoms with Gasteiger partial charge in [-0.05, 0) is 68.1 Å². The fourth-order valence-electron chi connectivity index (χ4n) is 6.53. The molecule has 0 aromatic rings. The van der Waals surface area contributed by atoms with Crippen LogP contribution < -0.4 is 0 Å². The van der Waals surface area contributed by atoms with Gasteiger partial charge in [-0.25, -0.2) is 0 Å². The van der Waals surface area contributed by atoms with E-state index >= 15 is 0 Å². The molecular weight excluding hydrogens is 288 g/mol. The van der Waals surface area contributed by atoms with Crippen molar-refractivity contribution in [3.8, 4) is 0 Å². The van der Waals surface area contributed by atoms with Crippen molar-refractivity contribution in [2.24, 2.45) is 38.9 Å². The SMILES string of the molecule is C[C@]12CC/C(=N\O)CC1=CC[C@@H]1[C@@H]2CC[C@]2(C)/C(=N/O)CC[C@@H]12. The molecule has 0 spiro atoms. The smallest absolute Gasteiger partial charge is 0.0632 e. The molecule has 4 aliphatic carbocycles. The molecule has 0 unspecified atom stereocenters. The van der Waals surface area contributed by atoms with Crippen LogP contribution in [0.4, 0.5) is 0 Å². The zero-order valence-corrected chi connectivity index (χ0v) is 14.3. The second-order valence-electron chi connectivity index (χ2n) is 8.64. The van der Waals surface area contributed by atoms with E-state index in [1.807, 2.05) is 0 Å². The number of rotatable bonds is 0. The second-order valence-corrected chi connectivity index (χ2v) is 8.64. The lowest BCUT2D eigenvalue weighted by Crippen LogP contribution is -2.50. The van der Waals surface area contributed by atoms with Crippen LogP contribution in [-0.4, -0.2) is 21.8 Å². The fourth-order valence-corrected chi connectivity index (χ4v) is 6.53. The van der Waals surface area contributed by atoms with E-state index in [-0.39, 0.29) is 10.8 Å². The molecule has 0 radical (unpaired) electrons. The van der Waals surface area contributed by atoms with Crippen molar-refractivity contribution in [1.82, 2.24) is 0 Å². The monoisotopic (exact) mass is 316 g/mol. The van der Waals surface area contributed by atoms with Gasteiger partial charge in [-0.1, -0.05) is 35.8 Å². The highest BCUT2D eigenvalue weighted by Gasteiger charge is 2.57. The summed E-state index contributed by atoms with van der Waals surface area (Å²) in [6.45, 7) is 4.78. The lowest BCUT2D eigenvalue weighted by atomic mass is 9.48. The Labute approximate surface area is 138 Å². The van der Waals surface area contributed by atoms with E-state index in [0.717, 1.165) is 61.8 Å². The second kappa shape index (κ2) is 5.09. The first-order chi connectivity index (χ1) is 11.0. The Kier molecular flexibility index (Phi) is 3.37. The van der Waals surface area contributed by atoms with Crippen LogP contribution in [0.3, 0.4) is 0 Å². The molecule has 0 aromatic carbocycles. The summed E-state index contributed by atoms with van der Waals surface area (Å²) in [6, 6.07) is 0. The summed E-state index contributed by atoms with van der Waals surface area (Å²) in [6.07, 6.45) is 11.0. The highest BCUT2D eigenvalue weighted by molar-refractivity contribution is 5.92. The topological polar surface area (TPSA) is 65.2 Å². The van der Waals surface area contributed by atoms with Gasteiger partial charge < -0.3 is 10.4 Å². The highest BCUT2D eigenvalue weighted by Crippen LogP contribution is 2.63. The molecular formula is C19H28N2O2. The van der Waals surface area contributed by atoms with Crippen LogP contribution >= 0.6 is 0 Å². The Morgan fingerprint density at radius 3 is 2.52 bits per heavy atom. The van der Waals surface area contributed by atoms with Crippen LogP contribution in [0.1, 0.15) is 65.2 Å². The van der Waals surface area contributed by atoms with Gasteiger partial charge in [-0.15, -0.1) is 0 Å². The van der Waals surface area contributed by atoms with Crippen LogP contribution in [0, 0.1) is 28.6 Å². The zero-order valence-electron chi connectivity index (χ0n) is 14.3. The quantitative estimate of drug-likeness (QED) is 0.389. The third-order valence-electron chi connectivity index (χ3n) is 7.96. The lowest BCUT2D eigenvalue weighted by molar-refractivity contribution is -0.00129. The average Bonchev–Trinajstić information content (AvgIpc) is 2.90. The third kappa shape index (κ3) is 1.96. The molecule has 3 saturated carbocycles. The van der Waals surface area contributed by atoms with Crippen molar-refractivity contribution in [3.63, 3.8) is 0 Å². The molecule has 0 saturated heterocycles. The molecule has 5 atom stereocenters. The Morgan fingerprint density at radius 2 is 1.78 bits per heavy atom. The summed E-state index contributed by atoms with van der Waals surface area (Å²) < 4.78 is 0. The predicted octanol–water partition coefficient (Wildman–Crippen LogP) is 4.61. The van der Waals surface area contributed by atoms with Gasteiger partial charge in [-0.2, -0.15) is 0 Å². The van der Waals surface area contributed by atoms with Gasteiger partial charge in [-0.3, -0.25) is 0 Å². The first-order valence-corrected chi connectivity index (χ1v) is 9.13. The Hall–Kier alpha value is -1.32. The largest absolute Gasteiger partial charge is 0.411 e. The summed E-state index contributed by atoms with van der Waals surface area (Å²) >= 11 is 0. The van der Waals surface area contributed by atoms with Crippen LogP contribution in [0.15, 0.2) is 22.0 Å². The van der Waals surface area contributed by atoms with E-state index in [9.17, 15) is 5.21 Å². The van der Waals surface area contributed by atoms with E-state index in [0.29, 0.717) is 5.92 Å². The third-order valence-corrected chi connectivity index (χ3v) is 7.96. The van der Waals surface area contributed by atoms with Gasteiger partial charge >= 0.3 is 0 Å². The van der Waals surface area contributed by atoms with Crippen molar-refractivity contribution in [1.29, 1.82) is 0 Å². The fraction of sp³-hybridized carbons (Fsp3) is 0.789. The van der Waals surface area contributed by atoms with E-state index in [4.69, 9.17) is 5.21 Å². The molecule has 0 bridgehead atoms. The number of hydrogen-bond acceptors (Lipinski definition) is 4. The molecule has 4 heteroatoms. The number of nitrogens with zero attached hydrogens (tertiary/aromatic N) is 2. The molecule has 0 aromatic heterocycles. The summed E-state index contributed by atoms with van der Waals surface area (Å²) in [5.41, 5.74) is 3.89. The van der Waals surface area contributed by atoms with Crippen molar-refractivity contribution >= 4 is 11.4 Å². The molecule has 0 amide bonds. The lowest BCUT2D eigenvalue weighted by Gasteiger charge is -2.56. The van der Waals surface area contributed by atoms with Crippen LogP contribution in [0.5, 0.6) is 0 Å². The molecule has 0 aliphatic heterocycles. The average molecular weight is 316 g/mol. The van der Waals surface area contributed by atoms with Gasteiger partial charge in [0.1, 0.15) is 0 Å². The van der Waals surface area contributed by atoms with Crippen LogP contribution in [0.25, 0.3) is 0 Å². The highest BCUT2D eigenvalue weighted by atomic mass is 16.4. The minimum absolute atomic E-state index is 0.115. The van der Waals surface area contributed by atoms with Crippen molar-refractivity contribution in [2.45, 2.75) is 65.2 Å². The molecule has 23 heavy (non-hydrogen) atoms. The Morgan fingerprint density at radius 1 is 1.00 bits per heavy atom. The molecule has 3 fully saturated rings. The van der Waals surface area contributed by atoms with E-state index in [2.05, 4.69) is 30.2 Å². The number of oxime groups is 2.